The van der Waals surface area contributed by atoms with Crippen molar-refractivity contribution in [2.75, 3.05) is 26.4 Å². The largest absolute Gasteiger partial charge is 0.463 e. The summed E-state index contributed by atoms with van der Waals surface area (Å²) in [7, 11) is 0. The Kier molecular flexibility index (Phi) is 7.65. The van der Waals surface area contributed by atoms with Crippen molar-refractivity contribution in [3.05, 3.63) is 0 Å². The molecule has 10 heteroatoms. The van der Waals surface area contributed by atoms with Crippen molar-refractivity contribution >= 4 is 69.1 Å². The van der Waals surface area contributed by atoms with E-state index >= 15 is 0 Å². The molecule has 0 atom stereocenters. The molecular formula is C8H16O5S5. The summed E-state index contributed by atoms with van der Waals surface area (Å²) in [6.07, 6.45) is 0. The average Bonchev–Trinajstić information content (AvgIpc) is 2.29. The molecule has 0 aliphatic rings. The van der Waals surface area contributed by atoms with Crippen molar-refractivity contribution < 1.29 is 24.9 Å². The first-order valence-corrected chi connectivity index (χ1v) is 6.91. The Labute approximate surface area is 133 Å². The first-order valence-electron chi connectivity index (χ1n) is 4.68. The van der Waals surface area contributed by atoms with Crippen LogP contribution in [0.15, 0.2) is 0 Å². The molecule has 0 fully saturated rings. The second kappa shape index (κ2) is 7.21. The fourth-order valence-corrected chi connectivity index (χ4v) is 1.15. The molecule has 18 heavy (non-hydrogen) atoms. The summed E-state index contributed by atoms with van der Waals surface area (Å²) in [5, 5.41) is 27.2. The summed E-state index contributed by atoms with van der Waals surface area (Å²) < 4.78 is 1.68. The Morgan fingerprint density at radius 3 is 1.61 bits per heavy atom. The van der Waals surface area contributed by atoms with E-state index in [1.54, 1.807) is 0 Å². The molecule has 5 nitrogen and oxygen atoms in total. The van der Waals surface area contributed by atoms with Crippen molar-refractivity contribution in [2.45, 2.75) is 7.49 Å². The third-order valence-electron chi connectivity index (χ3n) is 2.27. The van der Waals surface area contributed by atoms with E-state index in [9.17, 15) is 4.79 Å². The molecule has 0 heterocycles. The number of hydrogen-bond donors (Lipinski definition) is 8. The van der Waals surface area contributed by atoms with Gasteiger partial charge in [0.25, 0.3) is 0 Å². The number of aliphatic hydroxyl groups excluding tert-OH is 3. The van der Waals surface area contributed by atoms with E-state index < -0.39 is 45.3 Å². The second-order valence-electron chi connectivity index (χ2n) is 3.86. The molecule has 0 amide bonds. The summed E-state index contributed by atoms with van der Waals surface area (Å²) in [6, 6.07) is 0. The SMILES string of the molecule is O=C(OCC(CO)(CO)CO)C(S)(S)C(S)(S)S. The van der Waals surface area contributed by atoms with Gasteiger partial charge in [-0.2, -0.15) is 0 Å². The Balaban J connectivity index is 4.70. The van der Waals surface area contributed by atoms with Gasteiger partial charge in [-0.1, -0.05) is 0 Å². The number of ether oxygens (including phenoxy) is 1. The molecule has 0 aromatic rings. The maximum absolute atomic E-state index is 11.7. The fraction of sp³-hybridized carbons (Fsp3) is 0.875. The van der Waals surface area contributed by atoms with Gasteiger partial charge in [0.1, 0.15) is 10.0 Å². The number of aliphatic hydroxyl groups is 3. The quantitative estimate of drug-likeness (QED) is 0.180. The van der Waals surface area contributed by atoms with Gasteiger partial charge in [0, 0.05) is 0 Å². The third kappa shape index (κ3) is 4.58. The van der Waals surface area contributed by atoms with Gasteiger partial charge in [-0.05, 0) is 0 Å². The summed E-state index contributed by atoms with van der Waals surface area (Å²) >= 11 is 19.7. The monoisotopic (exact) mass is 352 g/mol. The summed E-state index contributed by atoms with van der Waals surface area (Å²) in [4.78, 5) is 11.7. The maximum atomic E-state index is 11.7. The van der Waals surface area contributed by atoms with E-state index in [2.05, 4.69) is 63.1 Å². The molecule has 0 saturated heterocycles. The van der Waals surface area contributed by atoms with E-state index in [-0.39, 0.29) is 0 Å². The lowest BCUT2D eigenvalue weighted by molar-refractivity contribution is -0.151. The van der Waals surface area contributed by atoms with Crippen molar-refractivity contribution in [3.8, 4) is 0 Å². The van der Waals surface area contributed by atoms with Crippen LogP contribution < -0.4 is 0 Å². The van der Waals surface area contributed by atoms with Gasteiger partial charge in [0.15, 0.2) is 4.08 Å². The minimum Gasteiger partial charge on any atom is -0.463 e. The average molecular weight is 353 g/mol. The minimum absolute atomic E-state index is 0.399. The van der Waals surface area contributed by atoms with E-state index in [4.69, 9.17) is 20.1 Å². The molecular weight excluding hydrogens is 336 g/mol. The molecule has 0 rings (SSSR count). The first-order chi connectivity index (χ1) is 8.06. The molecule has 0 aliphatic heterocycles. The molecule has 0 saturated carbocycles. The highest BCUT2D eigenvalue weighted by molar-refractivity contribution is 8.20. The lowest BCUT2D eigenvalue weighted by Gasteiger charge is -2.33. The number of hydrogen-bond acceptors (Lipinski definition) is 10. The van der Waals surface area contributed by atoms with Crippen molar-refractivity contribution in [3.63, 3.8) is 0 Å². The first kappa shape index (κ1) is 19.1. The van der Waals surface area contributed by atoms with Gasteiger partial charge >= 0.3 is 5.97 Å². The van der Waals surface area contributed by atoms with E-state index in [0.717, 1.165) is 0 Å². The van der Waals surface area contributed by atoms with Crippen LogP contribution in [0.25, 0.3) is 0 Å². The molecule has 108 valence electrons. The number of rotatable bonds is 7. The Morgan fingerprint density at radius 1 is 0.944 bits per heavy atom. The minimum atomic E-state index is -1.71. The molecule has 0 aromatic heterocycles. The summed E-state index contributed by atoms with van der Waals surface area (Å²) in [5.41, 5.74) is -1.32. The van der Waals surface area contributed by atoms with Gasteiger partial charge in [0.2, 0.25) is 0 Å². The van der Waals surface area contributed by atoms with Crippen LogP contribution in [0.1, 0.15) is 0 Å². The zero-order valence-corrected chi connectivity index (χ0v) is 13.7. The molecule has 0 unspecified atom stereocenters. The zero-order chi connectivity index (χ0) is 14.6. The van der Waals surface area contributed by atoms with E-state index in [0.29, 0.717) is 0 Å². The second-order valence-corrected chi connectivity index (χ2v) is 8.62. The van der Waals surface area contributed by atoms with Crippen molar-refractivity contribution in [1.82, 2.24) is 0 Å². The highest BCUT2D eigenvalue weighted by atomic mass is 32.2. The van der Waals surface area contributed by atoms with E-state index in [1.165, 1.54) is 0 Å². The zero-order valence-electron chi connectivity index (χ0n) is 9.22. The Bertz CT molecular complexity index is 278. The van der Waals surface area contributed by atoms with Crippen LogP contribution in [0.2, 0.25) is 0 Å². The van der Waals surface area contributed by atoms with Crippen LogP contribution in [0.5, 0.6) is 0 Å². The van der Waals surface area contributed by atoms with Gasteiger partial charge in [-0.3, -0.25) is 0 Å². The van der Waals surface area contributed by atoms with Gasteiger partial charge < -0.3 is 20.1 Å². The smallest absolute Gasteiger partial charge is 0.335 e. The molecule has 0 aliphatic carbocycles. The number of esters is 1. The van der Waals surface area contributed by atoms with Crippen LogP contribution >= 0.6 is 63.1 Å². The van der Waals surface area contributed by atoms with E-state index in [1.807, 2.05) is 0 Å². The van der Waals surface area contributed by atoms with Crippen LogP contribution in [0.4, 0.5) is 0 Å². The topological polar surface area (TPSA) is 87.0 Å². The highest BCUT2D eigenvalue weighted by Gasteiger charge is 2.47. The number of carbonyl (C=O) groups is 1. The highest BCUT2D eigenvalue weighted by Crippen LogP contribution is 2.45. The fourth-order valence-electron chi connectivity index (χ4n) is 0.743. The number of carbonyl (C=O) groups excluding carboxylic acids is 1. The third-order valence-corrected chi connectivity index (χ3v) is 5.37. The molecule has 0 radical (unpaired) electrons. The Hall–Kier alpha value is 1.10. The molecule has 3 N–H and O–H groups in total. The predicted octanol–water partition coefficient (Wildman–Crippen LogP) is -0.508. The van der Waals surface area contributed by atoms with Crippen LogP contribution in [-0.4, -0.2) is 55.2 Å². The van der Waals surface area contributed by atoms with Crippen molar-refractivity contribution in [1.29, 1.82) is 0 Å². The van der Waals surface area contributed by atoms with Crippen LogP contribution in [0, 0.1) is 5.41 Å². The molecule has 0 aromatic carbocycles. The van der Waals surface area contributed by atoms with Crippen LogP contribution in [0.3, 0.4) is 0 Å². The lowest BCUT2D eigenvalue weighted by Crippen LogP contribution is -2.45. The predicted molar refractivity (Wildman–Crippen MR) is 85.0 cm³/mol. The summed E-state index contributed by atoms with van der Waals surface area (Å²) in [5.74, 6) is -0.908. The van der Waals surface area contributed by atoms with Gasteiger partial charge in [-0.15, -0.1) is 63.1 Å². The number of thiol groups is 5. The standard InChI is InChI=1S/C8H16O5S5/c9-1-6(2-10,3-11)4-13-5(12)7(14,15)8(16,17)18/h9-11,14-18H,1-4H2. The molecule has 0 spiro atoms. The van der Waals surface area contributed by atoms with Gasteiger partial charge in [-0.25, -0.2) is 4.79 Å². The normalized spacial score (nSPS) is 13.6. The molecule has 0 bridgehead atoms. The Morgan fingerprint density at radius 2 is 1.33 bits per heavy atom. The van der Waals surface area contributed by atoms with Crippen LogP contribution in [-0.2, 0) is 9.53 Å². The van der Waals surface area contributed by atoms with Gasteiger partial charge in [0.05, 0.1) is 25.2 Å². The lowest BCUT2D eigenvalue weighted by atomic mass is 9.93. The van der Waals surface area contributed by atoms with Crippen molar-refractivity contribution in [2.24, 2.45) is 5.41 Å². The summed E-state index contributed by atoms with van der Waals surface area (Å²) in [6.45, 7) is -2.04. The maximum Gasteiger partial charge on any atom is 0.335 e.